The Labute approximate surface area is 333 Å². The quantitative estimate of drug-likeness (QED) is 0.169. The van der Waals surface area contributed by atoms with Crippen molar-refractivity contribution in [3.05, 3.63) is 247 Å². The molecule has 0 amide bonds. The van der Waals surface area contributed by atoms with Gasteiger partial charge >= 0.3 is 0 Å². The minimum absolute atomic E-state index is 0.626. The minimum Gasteiger partial charge on any atom is -0.457 e. The Hall–Kier alpha value is -7.42. The van der Waals surface area contributed by atoms with Gasteiger partial charge in [-0.15, -0.1) is 0 Å². The monoisotopic (exact) mass is 727 g/mol. The Bertz CT molecular complexity index is 2870. The number of benzene rings is 9. The number of anilines is 3. The molecule has 0 bridgehead atoms. The van der Waals surface area contributed by atoms with Gasteiger partial charge in [0.2, 0.25) is 0 Å². The molecule has 0 saturated heterocycles. The van der Waals surface area contributed by atoms with Crippen LogP contribution in [0.5, 0.6) is 11.5 Å². The van der Waals surface area contributed by atoms with E-state index in [-0.39, 0.29) is 0 Å². The van der Waals surface area contributed by atoms with Crippen LogP contribution >= 0.6 is 0 Å². The van der Waals surface area contributed by atoms with Gasteiger partial charge in [0.05, 0.1) is 11.1 Å². The molecule has 0 N–H and O–H groups in total. The molecule has 2 aliphatic rings. The number of hydrogen-bond acceptors (Lipinski definition) is 2. The fourth-order valence-corrected chi connectivity index (χ4v) is 9.23. The predicted molar refractivity (Wildman–Crippen MR) is 235 cm³/mol. The number of hydrogen-bond donors (Lipinski definition) is 0. The predicted octanol–water partition coefficient (Wildman–Crippen LogP) is 14.6. The smallest absolute Gasteiger partial charge is 0.132 e. The summed E-state index contributed by atoms with van der Waals surface area (Å²) in [7, 11) is 0. The van der Waals surface area contributed by atoms with Crippen molar-refractivity contribution >= 4 is 17.1 Å². The zero-order valence-corrected chi connectivity index (χ0v) is 31.2. The second-order valence-electron chi connectivity index (χ2n) is 14.8. The maximum absolute atomic E-state index is 6.73. The van der Waals surface area contributed by atoms with Gasteiger partial charge in [-0.2, -0.15) is 0 Å². The molecular weight excluding hydrogens is 691 g/mol. The first-order valence-electron chi connectivity index (χ1n) is 19.6. The van der Waals surface area contributed by atoms with Gasteiger partial charge in [-0.25, -0.2) is 0 Å². The Morgan fingerprint density at radius 3 is 1.40 bits per heavy atom. The molecule has 0 saturated carbocycles. The second-order valence-corrected chi connectivity index (χ2v) is 14.8. The van der Waals surface area contributed by atoms with Crippen molar-refractivity contribution in [1.29, 1.82) is 0 Å². The van der Waals surface area contributed by atoms with Crippen LogP contribution in [0.15, 0.2) is 224 Å². The third kappa shape index (κ3) is 5.26. The van der Waals surface area contributed by atoms with Gasteiger partial charge in [0.15, 0.2) is 0 Å². The summed E-state index contributed by atoms with van der Waals surface area (Å²) in [5.41, 5.74) is 17.0. The normalized spacial score (nSPS) is 12.8. The molecule has 9 aromatic rings. The number of para-hydroxylation sites is 3. The summed E-state index contributed by atoms with van der Waals surface area (Å²) >= 11 is 0. The summed E-state index contributed by atoms with van der Waals surface area (Å²) in [6, 6.07) is 81.1. The Balaban J connectivity index is 1.18. The van der Waals surface area contributed by atoms with Gasteiger partial charge in [-0.05, 0) is 98.6 Å². The average molecular weight is 728 g/mol. The molecule has 0 atom stereocenters. The molecule has 9 aromatic carbocycles. The first-order valence-corrected chi connectivity index (χ1v) is 19.6. The topological polar surface area (TPSA) is 12.5 Å². The summed E-state index contributed by atoms with van der Waals surface area (Å²) in [5, 5.41) is 0. The van der Waals surface area contributed by atoms with Gasteiger partial charge in [-0.3, -0.25) is 0 Å². The number of rotatable bonds is 6. The summed E-state index contributed by atoms with van der Waals surface area (Å²) in [5.74, 6) is 1.77. The first-order chi connectivity index (χ1) is 28.3. The second kappa shape index (κ2) is 13.4. The lowest BCUT2D eigenvalue weighted by molar-refractivity contribution is 0.436. The molecule has 2 nitrogen and oxygen atoms in total. The highest BCUT2D eigenvalue weighted by Crippen LogP contribution is 2.63. The summed E-state index contributed by atoms with van der Waals surface area (Å²) in [4.78, 5) is 2.43. The van der Waals surface area contributed by atoms with Crippen molar-refractivity contribution in [3.63, 3.8) is 0 Å². The zero-order chi connectivity index (χ0) is 37.8. The van der Waals surface area contributed by atoms with Crippen LogP contribution in [-0.2, 0) is 5.41 Å². The fraction of sp³-hybridized carbons (Fsp3) is 0.0182. The number of nitrogens with zero attached hydrogens (tertiary/aromatic N) is 1. The standard InChI is InChI=1S/C55H37NO/c1-4-16-38(17-5-1)40-28-31-43(32-29-40)56(52-25-13-10-22-45(52)41-20-8-3-9-21-41)44-33-35-47-46-34-30-42(39-18-6-2-7-19-39)36-50(46)55(51(47)37-44)48-23-11-14-26-53(48)57-54-27-15-12-24-49(54)55/h1-37H. The van der Waals surface area contributed by atoms with Crippen LogP contribution in [0.1, 0.15) is 22.3 Å². The van der Waals surface area contributed by atoms with E-state index in [9.17, 15) is 0 Å². The number of ether oxygens (including phenoxy) is 1. The highest BCUT2D eigenvalue weighted by molar-refractivity contribution is 5.94. The van der Waals surface area contributed by atoms with Gasteiger partial charge in [0.1, 0.15) is 11.5 Å². The lowest BCUT2D eigenvalue weighted by atomic mass is 9.66. The summed E-state index contributed by atoms with van der Waals surface area (Å²) < 4.78 is 6.73. The maximum Gasteiger partial charge on any atom is 0.132 e. The van der Waals surface area contributed by atoms with Crippen molar-refractivity contribution in [2.75, 3.05) is 4.90 Å². The average Bonchev–Trinajstić information content (AvgIpc) is 3.57. The third-order valence-electron chi connectivity index (χ3n) is 11.8. The van der Waals surface area contributed by atoms with E-state index in [2.05, 4.69) is 229 Å². The molecule has 0 fully saturated rings. The molecule has 0 aromatic heterocycles. The van der Waals surface area contributed by atoms with Gasteiger partial charge in [-0.1, -0.05) is 176 Å². The van der Waals surface area contributed by atoms with E-state index in [0.29, 0.717) is 0 Å². The lowest BCUT2D eigenvalue weighted by Crippen LogP contribution is -2.32. The van der Waals surface area contributed by atoms with Crippen LogP contribution < -0.4 is 9.64 Å². The van der Waals surface area contributed by atoms with Crippen molar-refractivity contribution in [2.24, 2.45) is 0 Å². The molecule has 57 heavy (non-hydrogen) atoms. The van der Waals surface area contributed by atoms with Gasteiger partial charge in [0.25, 0.3) is 0 Å². The zero-order valence-electron chi connectivity index (χ0n) is 31.2. The van der Waals surface area contributed by atoms with Crippen LogP contribution in [0.25, 0.3) is 44.5 Å². The molecule has 11 rings (SSSR count). The molecule has 2 heteroatoms. The summed E-state index contributed by atoms with van der Waals surface area (Å²) in [6.07, 6.45) is 0. The van der Waals surface area contributed by atoms with E-state index >= 15 is 0 Å². The number of fused-ring (bicyclic) bond motifs is 9. The molecule has 1 spiro atoms. The molecule has 1 heterocycles. The van der Waals surface area contributed by atoms with Crippen LogP contribution in [-0.4, -0.2) is 0 Å². The maximum atomic E-state index is 6.73. The van der Waals surface area contributed by atoms with E-state index in [4.69, 9.17) is 4.74 Å². The lowest BCUT2D eigenvalue weighted by Gasteiger charge is -2.40. The van der Waals surface area contributed by atoms with Crippen LogP contribution in [0.4, 0.5) is 17.1 Å². The van der Waals surface area contributed by atoms with Gasteiger partial charge < -0.3 is 9.64 Å². The van der Waals surface area contributed by atoms with Crippen LogP contribution in [0.2, 0.25) is 0 Å². The highest BCUT2D eigenvalue weighted by atomic mass is 16.5. The summed E-state index contributed by atoms with van der Waals surface area (Å²) in [6.45, 7) is 0. The Morgan fingerprint density at radius 1 is 0.298 bits per heavy atom. The highest BCUT2D eigenvalue weighted by Gasteiger charge is 2.51. The molecule has 1 aliphatic carbocycles. The largest absolute Gasteiger partial charge is 0.457 e. The van der Waals surface area contributed by atoms with Crippen molar-refractivity contribution < 1.29 is 4.74 Å². The van der Waals surface area contributed by atoms with Gasteiger partial charge in [0, 0.05) is 28.1 Å². The van der Waals surface area contributed by atoms with E-state index < -0.39 is 5.41 Å². The molecule has 0 radical (unpaired) electrons. The van der Waals surface area contributed by atoms with Crippen LogP contribution in [0, 0.1) is 0 Å². The van der Waals surface area contributed by atoms with E-state index in [1.165, 1.54) is 50.1 Å². The van der Waals surface area contributed by atoms with E-state index in [1.54, 1.807) is 0 Å². The van der Waals surface area contributed by atoms with E-state index in [0.717, 1.165) is 45.3 Å². The Kier molecular flexibility index (Phi) is 7.75. The minimum atomic E-state index is -0.626. The molecule has 268 valence electrons. The van der Waals surface area contributed by atoms with Crippen molar-refractivity contribution in [1.82, 2.24) is 0 Å². The molecule has 0 unspecified atom stereocenters. The SMILES string of the molecule is c1ccc(-c2ccc(N(c3ccc4c(c3)C3(c5ccccc5Oc5ccccc53)c3cc(-c5ccccc5)ccc3-4)c3ccccc3-c3ccccc3)cc2)cc1. The van der Waals surface area contributed by atoms with Crippen molar-refractivity contribution in [3.8, 4) is 56.0 Å². The Morgan fingerprint density at radius 2 is 0.754 bits per heavy atom. The van der Waals surface area contributed by atoms with Crippen molar-refractivity contribution in [2.45, 2.75) is 5.41 Å². The fourth-order valence-electron chi connectivity index (χ4n) is 9.23. The molecular formula is C55H37NO. The molecule has 1 aliphatic heterocycles. The first kappa shape index (κ1) is 33.0. The van der Waals surface area contributed by atoms with E-state index in [1.807, 2.05) is 0 Å². The third-order valence-corrected chi connectivity index (χ3v) is 11.8. The van der Waals surface area contributed by atoms with Crippen LogP contribution in [0.3, 0.4) is 0 Å².